The van der Waals surface area contributed by atoms with Crippen molar-refractivity contribution in [2.24, 2.45) is 15.3 Å². The minimum Gasteiger partial charge on any atom is -0.490 e. The summed E-state index contributed by atoms with van der Waals surface area (Å²) in [6.45, 7) is 10.3. The maximum Gasteiger partial charge on any atom is 0.407 e. The van der Waals surface area contributed by atoms with Crippen LogP contribution in [-0.4, -0.2) is 70.3 Å². The summed E-state index contributed by atoms with van der Waals surface area (Å²) in [5, 5.41) is 13.6. The molecule has 1 N–H and O–H groups in total. The lowest BCUT2D eigenvalue weighted by atomic mass is 9.99. The van der Waals surface area contributed by atoms with Crippen LogP contribution in [0.4, 0.5) is 4.79 Å². The molecular weight excluding hydrogens is 684 g/mol. The SMILES string of the molecule is CCCOC(=O)c1cc(OCCCCCCN=[N+]=[N-])c(OCCCCCCN=[N+]=[N-])c(OCCCCCCN=[N+]=[N-])c1CCCNC(=O)OC(C)(C)C. The first-order valence-corrected chi connectivity index (χ1v) is 18.9. The number of alkyl carbamates (subject to hydrolysis) is 1. The van der Waals surface area contributed by atoms with Crippen LogP contribution in [0.3, 0.4) is 0 Å². The molecule has 0 aliphatic rings. The van der Waals surface area contributed by atoms with Crippen LogP contribution in [0.15, 0.2) is 21.4 Å². The van der Waals surface area contributed by atoms with Crippen LogP contribution in [-0.2, 0) is 15.9 Å². The third-order valence-electron chi connectivity index (χ3n) is 7.63. The Morgan fingerprint density at radius 3 is 1.66 bits per heavy atom. The van der Waals surface area contributed by atoms with Gasteiger partial charge in [0.25, 0.3) is 0 Å². The van der Waals surface area contributed by atoms with Crippen molar-refractivity contribution >= 4 is 12.1 Å². The van der Waals surface area contributed by atoms with Crippen molar-refractivity contribution in [2.45, 2.75) is 130 Å². The minimum absolute atomic E-state index is 0.245. The molecule has 0 bridgehead atoms. The van der Waals surface area contributed by atoms with Crippen LogP contribution in [0.5, 0.6) is 17.2 Å². The van der Waals surface area contributed by atoms with Gasteiger partial charge < -0.3 is 29.0 Å². The molecule has 296 valence electrons. The highest BCUT2D eigenvalue weighted by atomic mass is 16.6. The van der Waals surface area contributed by atoms with Crippen molar-refractivity contribution in [3.8, 4) is 17.2 Å². The first kappa shape index (κ1) is 46.3. The summed E-state index contributed by atoms with van der Waals surface area (Å²) >= 11 is 0. The minimum atomic E-state index is -0.636. The van der Waals surface area contributed by atoms with Crippen LogP contribution in [0.25, 0.3) is 31.3 Å². The second-order valence-electron chi connectivity index (χ2n) is 13.4. The van der Waals surface area contributed by atoms with Crippen molar-refractivity contribution in [1.82, 2.24) is 5.32 Å². The summed E-state index contributed by atoms with van der Waals surface area (Å²) in [5.41, 5.74) is 25.9. The Hall–Kier alpha value is -4.71. The maximum atomic E-state index is 13.6. The first-order chi connectivity index (χ1) is 25.7. The number of rotatable bonds is 31. The Bertz CT molecular complexity index is 1350. The van der Waals surface area contributed by atoms with E-state index in [1.165, 1.54) is 0 Å². The lowest BCUT2D eigenvalue weighted by Gasteiger charge is -2.23. The van der Waals surface area contributed by atoms with E-state index in [-0.39, 0.29) is 6.61 Å². The summed E-state index contributed by atoms with van der Waals surface area (Å²) < 4.78 is 30.2. The molecule has 0 unspecified atom stereocenters. The van der Waals surface area contributed by atoms with E-state index >= 15 is 0 Å². The van der Waals surface area contributed by atoms with Gasteiger partial charge >= 0.3 is 12.1 Å². The molecule has 0 saturated carbocycles. The molecule has 0 heterocycles. The second kappa shape index (κ2) is 29.8. The topological polar surface area (TPSA) is 239 Å². The van der Waals surface area contributed by atoms with Crippen molar-refractivity contribution < 1.29 is 33.3 Å². The van der Waals surface area contributed by atoms with E-state index in [2.05, 4.69) is 35.4 Å². The molecule has 1 rings (SSSR count). The zero-order chi connectivity index (χ0) is 39.0. The molecule has 1 amide bonds. The van der Waals surface area contributed by atoms with Gasteiger partial charge in [0, 0.05) is 46.5 Å². The zero-order valence-electron chi connectivity index (χ0n) is 32.2. The van der Waals surface area contributed by atoms with Gasteiger partial charge in [-0.25, -0.2) is 9.59 Å². The zero-order valence-corrected chi connectivity index (χ0v) is 32.2. The molecule has 1 aromatic rings. The Morgan fingerprint density at radius 2 is 1.17 bits per heavy atom. The quantitative estimate of drug-likeness (QED) is 0.0253. The molecule has 0 radical (unpaired) electrons. The standard InChI is InChI=1S/C36H60N10O7/c1-5-24-52-34(47)30-28-31(49-25-15-9-6-12-21-41-44-37)33(51-27-17-11-8-14-23-43-46-39)32(50-26-16-10-7-13-22-42-45-38)29(30)19-18-20-40-35(48)53-36(2,3)4/h28H,5-27H2,1-4H3,(H,40,48). The van der Waals surface area contributed by atoms with Crippen LogP contribution >= 0.6 is 0 Å². The number of amides is 1. The number of azide groups is 3. The highest BCUT2D eigenvalue weighted by Gasteiger charge is 2.26. The van der Waals surface area contributed by atoms with Crippen molar-refractivity contribution in [3.05, 3.63) is 48.5 Å². The largest absolute Gasteiger partial charge is 0.490 e. The van der Waals surface area contributed by atoms with Crippen molar-refractivity contribution in [1.29, 1.82) is 0 Å². The van der Waals surface area contributed by atoms with Crippen LogP contribution in [0.2, 0.25) is 0 Å². The maximum absolute atomic E-state index is 13.6. The van der Waals surface area contributed by atoms with Gasteiger partial charge in [-0.15, -0.1) is 0 Å². The predicted octanol–water partition coefficient (Wildman–Crippen LogP) is 10.5. The first-order valence-electron chi connectivity index (χ1n) is 18.9. The van der Waals surface area contributed by atoms with Crippen molar-refractivity contribution in [2.75, 3.05) is 52.6 Å². The fourth-order valence-electron chi connectivity index (χ4n) is 5.10. The third-order valence-corrected chi connectivity index (χ3v) is 7.63. The molecule has 0 aliphatic heterocycles. The lowest BCUT2D eigenvalue weighted by molar-refractivity contribution is 0.0496. The van der Waals surface area contributed by atoms with Gasteiger partial charge in [0.05, 0.1) is 32.0 Å². The molecule has 0 aromatic heterocycles. The summed E-state index contributed by atoms with van der Waals surface area (Å²) in [6, 6.07) is 1.67. The van der Waals surface area contributed by atoms with Gasteiger partial charge in [0.15, 0.2) is 11.5 Å². The summed E-state index contributed by atoms with van der Waals surface area (Å²) in [7, 11) is 0. The van der Waals surface area contributed by atoms with Gasteiger partial charge in [0.2, 0.25) is 5.75 Å². The lowest BCUT2D eigenvalue weighted by Crippen LogP contribution is -2.33. The van der Waals surface area contributed by atoms with E-state index in [0.717, 1.165) is 77.0 Å². The van der Waals surface area contributed by atoms with Crippen LogP contribution in [0.1, 0.15) is 134 Å². The number of nitrogens with one attached hydrogen (secondary N) is 1. The molecular formula is C36H60N10O7. The van der Waals surface area contributed by atoms with E-state index in [1.807, 2.05) is 6.92 Å². The number of carbonyl (C=O) groups excluding carboxylic acids is 2. The van der Waals surface area contributed by atoms with E-state index in [1.54, 1.807) is 26.8 Å². The van der Waals surface area contributed by atoms with Gasteiger partial charge in [-0.05, 0) is 101 Å². The molecule has 0 aliphatic carbocycles. The number of nitrogens with zero attached hydrogens (tertiary/aromatic N) is 9. The van der Waals surface area contributed by atoms with Crippen LogP contribution in [0, 0.1) is 0 Å². The number of benzene rings is 1. The normalized spacial score (nSPS) is 10.6. The van der Waals surface area contributed by atoms with Gasteiger partial charge in [0.1, 0.15) is 5.60 Å². The fourth-order valence-corrected chi connectivity index (χ4v) is 5.10. The Kier molecular flexibility index (Phi) is 26.1. The molecule has 17 heteroatoms. The summed E-state index contributed by atoms with van der Waals surface area (Å²) in [4.78, 5) is 34.3. The van der Waals surface area contributed by atoms with E-state index < -0.39 is 17.7 Å². The highest BCUT2D eigenvalue weighted by Crippen LogP contribution is 2.44. The van der Waals surface area contributed by atoms with E-state index in [0.29, 0.717) is 93.6 Å². The average Bonchev–Trinajstić information content (AvgIpc) is 3.12. The molecule has 0 saturated heterocycles. The summed E-state index contributed by atoms with van der Waals surface area (Å²) in [6.07, 6.45) is 10.7. The molecule has 1 aromatic carbocycles. The molecule has 53 heavy (non-hydrogen) atoms. The van der Waals surface area contributed by atoms with Gasteiger partial charge in [-0.2, -0.15) is 0 Å². The number of ether oxygens (including phenoxy) is 5. The Balaban J connectivity index is 3.43. The number of carbonyl (C=O) groups is 2. The van der Waals surface area contributed by atoms with Gasteiger partial charge in [-0.3, -0.25) is 0 Å². The monoisotopic (exact) mass is 744 g/mol. The number of unbranched alkanes of at least 4 members (excludes halogenated alkanes) is 9. The third kappa shape index (κ3) is 22.8. The second-order valence-corrected chi connectivity index (χ2v) is 13.4. The van der Waals surface area contributed by atoms with E-state index in [9.17, 15) is 9.59 Å². The summed E-state index contributed by atoms with van der Waals surface area (Å²) in [5.74, 6) is 0.702. The molecule has 0 atom stereocenters. The smallest absolute Gasteiger partial charge is 0.407 e. The Labute approximate surface area is 313 Å². The van der Waals surface area contributed by atoms with E-state index in [4.69, 9.17) is 40.3 Å². The Morgan fingerprint density at radius 1 is 0.679 bits per heavy atom. The fraction of sp³-hybridized carbons (Fsp3) is 0.778. The van der Waals surface area contributed by atoms with Gasteiger partial charge in [-0.1, -0.05) is 60.8 Å². The molecule has 0 spiro atoms. The number of esters is 1. The highest BCUT2D eigenvalue weighted by molar-refractivity contribution is 5.93. The average molecular weight is 745 g/mol. The molecule has 0 fully saturated rings. The predicted molar refractivity (Wildman–Crippen MR) is 204 cm³/mol. The number of hydrogen-bond acceptors (Lipinski definition) is 10. The van der Waals surface area contributed by atoms with Crippen LogP contribution < -0.4 is 19.5 Å². The number of hydrogen-bond donors (Lipinski definition) is 1. The molecule has 17 nitrogen and oxygen atoms in total. The van der Waals surface area contributed by atoms with Crippen molar-refractivity contribution in [3.63, 3.8) is 0 Å².